The van der Waals surface area contributed by atoms with E-state index in [-0.39, 0.29) is 23.7 Å². The van der Waals surface area contributed by atoms with Crippen LogP contribution in [-0.2, 0) is 25.7 Å². The van der Waals surface area contributed by atoms with Crippen molar-refractivity contribution in [2.45, 2.75) is 38.5 Å². The minimum atomic E-state index is -4.47. The Morgan fingerprint density at radius 1 is 1.00 bits per heavy atom. The number of hydrogen-bond acceptors (Lipinski definition) is 6. The van der Waals surface area contributed by atoms with E-state index < -0.39 is 17.6 Å². The van der Waals surface area contributed by atoms with Gasteiger partial charge in [-0.25, -0.2) is 4.39 Å². The van der Waals surface area contributed by atoms with Crippen LogP contribution in [0.3, 0.4) is 0 Å². The van der Waals surface area contributed by atoms with Crippen LogP contribution in [0.4, 0.5) is 17.6 Å². The fraction of sp³-hybridized carbons (Fsp3) is 0.231. The molecule has 0 aliphatic rings. The zero-order chi connectivity index (χ0) is 27.4. The van der Waals surface area contributed by atoms with Gasteiger partial charge in [0.15, 0.2) is 11.3 Å². The van der Waals surface area contributed by atoms with Crippen molar-refractivity contribution in [3.63, 3.8) is 0 Å². The summed E-state index contributed by atoms with van der Waals surface area (Å²) in [6, 6.07) is 12.4. The number of aromatic nitrogens is 7. The fourth-order valence-electron chi connectivity index (χ4n) is 3.97. The van der Waals surface area contributed by atoms with Gasteiger partial charge in [-0.15, -0.1) is 10.2 Å². The molecule has 5 aromatic rings. The van der Waals surface area contributed by atoms with Crippen molar-refractivity contribution in [1.82, 2.24) is 40.5 Å². The summed E-state index contributed by atoms with van der Waals surface area (Å²) in [5.74, 6) is -0.824. The van der Waals surface area contributed by atoms with Crippen molar-refractivity contribution in [2.75, 3.05) is 0 Å². The maximum absolute atomic E-state index is 14.1. The van der Waals surface area contributed by atoms with Gasteiger partial charge in [-0.3, -0.25) is 14.5 Å². The number of H-pyrrole nitrogens is 1. The predicted molar refractivity (Wildman–Crippen MR) is 133 cm³/mol. The van der Waals surface area contributed by atoms with E-state index in [2.05, 4.69) is 35.8 Å². The Labute approximate surface area is 219 Å². The second-order valence-electron chi connectivity index (χ2n) is 8.85. The maximum Gasteiger partial charge on any atom is 0.417 e. The van der Waals surface area contributed by atoms with Crippen LogP contribution in [0.5, 0.6) is 0 Å². The predicted octanol–water partition coefficient (Wildman–Crippen LogP) is 4.72. The molecule has 0 radical (unpaired) electrons. The highest BCUT2D eigenvalue weighted by molar-refractivity contribution is 5.91. The number of nitrogens with zero attached hydrogens (tertiary/aromatic N) is 6. The van der Waals surface area contributed by atoms with E-state index in [0.29, 0.717) is 29.9 Å². The number of carbonyl (C=O) groups excluding carboxylic acids is 1. The maximum atomic E-state index is 14.1. The first-order valence-electron chi connectivity index (χ1n) is 12.1. The average molecular weight is 539 g/mol. The van der Waals surface area contributed by atoms with E-state index in [0.717, 1.165) is 36.2 Å². The summed E-state index contributed by atoms with van der Waals surface area (Å²) in [4.78, 5) is 19.1. The van der Waals surface area contributed by atoms with Crippen LogP contribution in [0, 0.1) is 5.82 Å². The molecule has 0 fully saturated rings. The number of amides is 1. The van der Waals surface area contributed by atoms with E-state index in [9.17, 15) is 22.4 Å². The lowest BCUT2D eigenvalue weighted by molar-refractivity contribution is -0.137. The molecule has 13 heteroatoms. The summed E-state index contributed by atoms with van der Waals surface area (Å²) in [5, 5.41) is 19.7. The van der Waals surface area contributed by atoms with Gasteiger partial charge in [0, 0.05) is 23.7 Å². The highest BCUT2D eigenvalue weighted by Crippen LogP contribution is 2.28. The zero-order valence-electron chi connectivity index (χ0n) is 20.4. The van der Waals surface area contributed by atoms with Gasteiger partial charge >= 0.3 is 6.18 Å². The first-order chi connectivity index (χ1) is 18.8. The Morgan fingerprint density at radius 3 is 2.62 bits per heavy atom. The molecule has 39 heavy (non-hydrogen) atoms. The van der Waals surface area contributed by atoms with Crippen LogP contribution in [0.25, 0.3) is 22.3 Å². The van der Waals surface area contributed by atoms with Crippen molar-refractivity contribution in [1.29, 1.82) is 0 Å². The van der Waals surface area contributed by atoms with Crippen molar-refractivity contribution < 1.29 is 22.4 Å². The van der Waals surface area contributed by atoms with E-state index in [1.165, 1.54) is 18.3 Å². The summed E-state index contributed by atoms with van der Waals surface area (Å²) in [6.07, 6.45) is -0.0381. The molecule has 0 unspecified atom stereocenters. The molecule has 200 valence electrons. The van der Waals surface area contributed by atoms with Gasteiger partial charge in [-0.05, 0) is 55.7 Å². The number of fused-ring (bicyclic) bond motifs is 1. The summed E-state index contributed by atoms with van der Waals surface area (Å²) in [6.45, 7) is 0.482. The monoisotopic (exact) mass is 538 g/mol. The number of pyridine rings is 1. The number of halogens is 4. The first-order valence-corrected chi connectivity index (χ1v) is 12.1. The lowest BCUT2D eigenvalue weighted by Crippen LogP contribution is -2.23. The Kier molecular flexibility index (Phi) is 7.30. The molecule has 0 saturated carbocycles. The Bertz CT molecular complexity index is 1590. The van der Waals surface area contributed by atoms with Crippen molar-refractivity contribution in [3.05, 3.63) is 89.4 Å². The Hall–Kier alpha value is -4.68. The Morgan fingerprint density at radius 2 is 1.85 bits per heavy atom. The van der Waals surface area contributed by atoms with Crippen LogP contribution in [-0.4, -0.2) is 41.1 Å². The summed E-state index contributed by atoms with van der Waals surface area (Å²) in [7, 11) is 0. The largest absolute Gasteiger partial charge is 0.417 e. The lowest BCUT2D eigenvalue weighted by Gasteiger charge is -2.07. The molecule has 0 aliphatic carbocycles. The highest BCUT2D eigenvalue weighted by atomic mass is 19.4. The third-order valence-electron chi connectivity index (χ3n) is 6.01. The van der Waals surface area contributed by atoms with Crippen molar-refractivity contribution in [3.8, 4) is 11.3 Å². The van der Waals surface area contributed by atoms with Crippen LogP contribution >= 0.6 is 0 Å². The van der Waals surface area contributed by atoms with Gasteiger partial charge in [0.05, 0.1) is 35.4 Å². The second kappa shape index (κ2) is 11.0. The van der Waals surface area contributed by atoms with Gasteiger partial charge in [0.1, 0.15) is 5.82 Å². The summed E-state index contributed by atoms with van der Waals surface area (Å²) >= 11 is 0. The number of alkyl halides is 3. The number of nitrogens with one attached hydrogen (secondary N) is 2. The first kappa shape index (κ1) is 25.9. The molecular weight excluding hydrogens is 516 g/mol. The van der Waals surface area contributed by atoms with Crippen molar-refractivity contribution in [2.24, 2.45) is 0 Å². The number of rotatable bonds is 9. The Balaban J connectivity index is 1.09. The van der Waals surface area contributed by atoms with Crippen LogP contribution < -0.4 is 5.32 Å². The van der Waals surface area contributed by atoms with Gasteiger partial charge in [-0.1, -0.05) is 17.3 Å². The van der Waals surface area contributed by atoms with Gasteiger partial charge in [0.2, 0.25) is 0 Å². The molecular formula is C26H22F4N8O. The second-order valence-corrected chi connectivity index (χ2v) is 8.85. The van der Waals surface area contributed by atoms with E-state index in [1.807, 2.05) is 12.1 Å². The minimum Gasteiger partial charge on any atom is -0.345 e. The zero-order valence-corrected chi connectivity index (χ0v) is 20.4. The highest BCUT2D eigenvalue weighted by Gasteiger charge is 2.30. The molecule has 0 spiro atoms. The number of benzene rings is 1. The molecule has 0 atom stereocenters. The molecule has 4 heterocycles. The van der Waals surface area contributed by atoms with Crippen LogP contribution in [0.1, 0.15) is 40.3 Å². The molecule has 2 N–H and O–H groups in total. The number of aryl methyl sites for hydroxylation is 2. The normalized spacial score (nSPS) is 11.7. The quantitative estimate of drug-likeness (QED) is 0.207. The molecule has 4 aromatic heterocycles. The SMILES string of the molecule is O=C(NCc1ccc(C(F)(F)F)cn1)c1cn(CCCCc2cc3cc(-c4ccccc4F)[nH]c3nn2)nn1. The smallest absolute Gasteiger partial charge is 0.345 e. The third kappa shape index (κ3) is 6.25. The summed E-state index contributed by atoms with van der Waals surface area (Å²) < 4.78 is 53.5. The average Bonchev–Trinajstić information content (AvgIpc) is 3.57. The third-order valence-corrected chi connectivity index (χ3v) is 6.01. The van der Waals surface area contributed by atoms with Crippen molar-refractivity contribution >= 4 is 16.9 Å². The topological polar surface area (TPSA) is 114 Å². The van der Waals surface area contributed by atoms with E-state index in [4.69, 9.17) is 0 Å². The van der Waals surface area contributed by atoms with Gasteiger partial charge in [-0.2, -0.15) is 18.3 Å². The summed E-state index contributed by atoms with van der Waals surface area (Å²) in [5.41, 5.74) is 2.01. The molecule has 9 nitrogen and oxygen atoms in total. The standard InChI is InChI=1S/C26H22F4N8O/c27-21-7-2-1-6-20(21)22-12-16-11-18(34-36-24(16)33-22)5-3-4-10-38-15-23(35-37-38)25(39)32-14-19-9-8-17(13-31-19)26(28,29)30/h1-2,6-9,11-13,15H,3-5,10,14H2,(H,32,39)(H,33,36). The fourth-order valence-corrected chi connectivity index (χ4v) is 3.97. The molecule has 0 bridgehead atoms. The lowest BCUT2D eigenvalue weighted by atomic mass is 10.1. The molecule has 1 aromatic carbocycles. The number of unbranched alkanes of at least 4 members (excludes halogenated alkanes) is 1. The van der Waals surface area contributed by atoms with Crippen LogP contribution in [0.2, 0.25) is 0 Å². The molecule has 1 amide bonds. The number of hydrogen-bond donors (Lipinski definition) is 2. The number of carbonyl (C=O) groups is 1. The van der Waals surface area contributed by atoms with Gasteiger partial charge in [0.25, 0.3) is 5.91 Å². The van der Waals surface area contributed by atoms with E-state index >= 15 is 0 Å². The van der Waals surface area contributed by atoms with E-state index in [1.54, 1.807) is 22.9 Å². The van der Waals surface area contributed by atoms with Gasteiger partial charge < -0.3 is 10.3 Å². The minimum absolute atomic E-state index is 0.0435. The molecule has 0 aliphatic heterocycles. The molecule has 5 rings (SSSR count). The van der Waals surface area contributed by atoms with Crippen LogP contribution in [0.15, 0.2) is 60.9 Å². The molecule has 0 saturated heterocycles. The number of aromatic amines is 1.